The molecular weight excluding hydrogens is 260 g/mol. The van der Waals surface area contributed by atoms with Crippen LogP contribution in [0.5, 0.6) is 0 Å². The number of nitro groups is 1. The first-order valence-electron chi connectivity index (χ1n) is 6.06. The van der Waals surface area contributed by atoms with Crippen LogP contribution in [0.15, 0.2) is 30.4 Å². The summed E-state index contributed by atoms with van der Waals surface area (Å²) in [6, 6.07) is 4.37. The Morgan fingerprint density at radius 2 is 2.15 bits per heavy atom. The van der Waals surface area contributed by atoms with Gasteiger partial charge in [-0.2, -0.15) is 0 Å². The minimum atomic E-state index is -0.512. The molecule has 1 aromatic rings. The molecule has 0 saturated heterocycles. The van der Waals surface area contributed by atoms with Gasteiger partial charge in [-0.3, -0.25) is 14.9 Å². The van der Waals surface area contributed by atoms with Crippen molar-refractivity contribution in [2.75, 3.05) is 32.5 Å². The summed E-state index contributed by atoms with van der Waals surface area (Å²) in [5.74, 6) is -0.275. The number of carbonyl (C=O) groups excluding carboxylic acids is 1. The first-order valence-corrected chi connectivity index (χ1v) is 6.06. The van der Waals surface area contributed by atoms with Crippen LogP contribution in [0.25, 0.3) is 0 Å². The molecule has 3 N–H and O–H groups in total. The van der Waals surface area contributed by atoms with Gasteiger partial charge in [0, 0.05) is 38.8 Å². The number of nitrogens with two attached hydrogens (primary N) is 1. The molecule has 0 spiro atoms. The molecule has 1 rings (SSSR count). The standard InChI is InChI=1S/C13H18N4O3/c1-16(2)13(18)10-5-6-11(12(9-10)17(19)20)15-8-4-3-7-14/h3-6,9,15H,7-8,14H2,1-2H3/b4-3+. The van der Waals surface area contributed by atoms with Crippen LogP contribution >= 0.6 is 0 Å². The number of nitrogens with one attached hydrogen (secondary N) is 1. The fourth-order valence-corrected chi connectivity index (χ4v) is 1.57. The Kier molecular flexibility index (Phi) is 5.67. The normalized spacial score (nSPS) is 10.6. The zero-order valence-corrected chi connectivity index (χ0v) is 11.5. The predicted octanol–water partition coefficient (Wildman–Crippen LogP) is 1.22. The third kappa shape index (κ3) is 4.06. The van der Waals surface area contributed by atoms with E-state index in [4.69, 9.17) is 5.73 Å². The molecule has 0 unspecified atom stereocenters. The third-order valence-electron chi connectivity index (χ3n) is 2.56. The zero-order valence-electron chi connectivity index (χ0n) is 11.5. The number of amides is 1. The lowest BCUT2D eigenvalue weighted by atomic mass is 10.1. The third-order valence-corrected chi connectivity index (χ3v) is 2.56. The van der Waals surface area contributed by atoms with E-state index in [1.54, 1.807) is 32.3 Å². The van der Waals surface area contributed by atoms with E-state index >= 15 is 0 Å². The fraction of sp³-hybridized carbons (Fsp3) is 0.308. The van der Waals surface area contributed by atoms with Crippen molar-refractivity contribution in [3.8, 4) is 0 Å². The highest BCUT2D eigenvalue weighted by atomic mass is 16.6. The summed E-state index contributed by atoms with van der Waals surface area (Å²) in [5, 5.41) is 14.0. The summed E-state index contributed by atoms with van der Waals surface area (Å²) >= 11 is 0. The summed E-state index contributed by atoms with van der Waals surface area (Å²) in [7, 11) is 3.19. The highest BCUT2D eigenvalue weighted by Gasteiger charge is 2.17. The van der Waals surface area contributed by atoms with Gasteiger partial charge >= 0.3 is 0 Å². The minimum absolute atomic E-state index is 0.126. The first-order chi connectivity index (χ1) is 9.47. The maximum atomic E-state index is 11.8. The molecule has 0 aliphatic rings. The number of nitrogens with zero attached hydrogens (tertiary/aromatic N) is 2. The molecule has 0 fully saturated rings. The number of nitro benzene ring substituents is 1. The van der Waals surface area contributed by atoms with Gasteiger partial charge < -0.3 is 16.0 Å². The molecule has 20 heavy (non-hydrogen) atoms. The molecule has 0 radical (unpaired) electrons. The Hall–Kier alpha value is -2.41. The summed E-state index contributed by atoms with van der Waals surface area (Å²) in [4.78, 5) is 23.7. The number of hydrogen-bond acceptors (Lipinski definition) is 5. The van der Waals surface area contributed by atoms with E-state index in [0.717, 1.165) is 0 Å². The molecule has 0 bridgehead atoms. The Morgan fingerprint density at radius 1 is 1.45 bits per heavy atom. The van der Waals surface area contributed by atoms with Crippen molar-refractivity contribution in [1.29, 1.82) is 0 Å². The molecule has 1 amide bonds. The van der Waals surface area contributed by atoms with Crippen LogP contribution < -0.4 is 11.1 Å². The Balaban J connectivity index is 2.99. The van der Waals surface area contributed by atoms with E-state index in [1.807, 2.05) is 0 Å². The SMILES string of the molecule is CN(C)C(=O)c1ccc(NC/C=C/CN)c([N+](=O)[O-])c1. The van der Waals surface area contributed by atoms with Crippen LogP contribution in [0.3, 0.4) is 0 Å². The van der Waals surface area contributed by atoms with Gasteiger partial charge in [0.25, 0.3) is 11.6 Å². The topological polar surface area (TPSA) is 102 Å². The van der Waals surface area contributed by atoms with Gasteiger partial charge in [0.15, 0.2) is 0 Å². The maximum absolute atomic E-state index is 11.8. The molecule has 0 aliphatic carbocycles. The fourth-order valence-electron chi connectivity index (χ4n) is 1.57. The smallest absolute Gasteiger partial charge is 0.293 e. The summed E-state index contributed by atoms with van der Waals surface area (Å²) in [6.45, 7) is 0.846. The molecule has 0 atom stereocenters. The second-order valence-corrected chi connectivity index (χ2v) is 4.28. The predicted molar refractivity (Wildman–Crippen MR) is 77.8 cm³/mol. The van der Waals surface area contributed by atoms with Crippen LogP contribution in [0.1, 0.15) is 10.4 Å². The van der Waals surface area contributed by atoms with Gasteiger partial charge in [-0.1, -0.05) is 12.2 Å². The van der Waals surface area contributed by atoms with Crippen LogP contribution in [0.2, 0.25) is 0 Å². The quantitative estimate of drug-likeness (QED) is 0.463. The van der Waals surface area contributed by atoms with Gasteiger partial charge in [-0.05, 0) is 12.1 Å². The average Bonchev–Trinajstić information content (AvgIpc) is 2.42. The number of rotatable bonds is 6. The van der Waals surface area contributed by atoms with E-state index in [2.05, 4.69) is 5.32 Å². The van der Waals surface area contributed by atoms with Gasteiger partial charge in [0.1, 0.15) is 5.69 Å². The molecule has 0 aromatic heterocycles. The van der Waals surface area contributed by atoms with Gasteiger partial charge in [-0.25, -0.2) is 0 Å². The Labute approximate surface area is 117 Å². The van der Waals surface area contributed by atoms with Crippen LogP contribution in [-0.4, -0.2) is 42.9 Å². The number of carbonyl (C=O) groups is 1. The molecule has 0 heterocycles. The zero-order chi connectivity index (χ0) is 15.1. The summed E-state index contributed by atoms with van der Waals surface area (Å²) in [5.41, 5.74) is 5.83. The lowest BCUT2D eigenvalue weighted by Gasteiger charge is -2.11. The number of anilines is 1. The highest BCUT2D eigenvalue weighted by molar-refractivity contribution is 5.95. The summed E-state index contributed by atoms with van der Waals surface area (Å²) < 4.78 is 0. The van der Waals surface area contributed by atoms with E-state index < -0.39 is 4.92 Å². The van der Waals surface area contributed by atoms with Crippen molar-refractivity contribution in [2.24, 2.45) is 5.73 Å². The lowest BCUT2D eigenvalue weighted by molar-refractivity contribution is -0.384. The van der Waals surface area contributed by atoms with Gasteiger partial charge in [-0.15, -0.1) is 0 Å². The van der Waals surface area contributed by atoms with Gasteiger partial charge in [0.05, 0.1) is 4.92 Å². The van der Waals surface area contributed by atoms with Crippen molar-refractivity contribution in [1.82, 2.24) is 4.90 Å². The monoisotopic (exact) mass is 278 g/mol. The van der Waals surface area contributed by atoms with Crippen LogP contribution in [0.4, 0.5) is 11.4 Å². The maximum Gasteiger partial charge on any atom is 0.293 e. The highest BCUT2D eigenvalue weighted by Crippen LogP contribution is 2.25. The van der Waals surface area contributed by atoms with Crippen molar-refractivity contribution >= 4 is 17.3 Å². The molecule has 0 aliphatic heterocycles. The van der Waals surface area contributed by atoms with Crippen molar-refractivity contribution in [3.63, 3.8) is 0 Å². The molecule has 0 saturated carbocycles. The number of hydrogen-bond donors (Lipinski definition) is 2. The summed E-state index contributed by atoms with van der Waals surface area (Å²) in [6.07, 6.45) is 3.53. The van der Waals surface area contributed by atoms with Crippen molar-refractivity contribution in [3.05, 3.63) is 46.0 Å². The van der Waals surface area contributed by atoms with Gasteiger partial charge in [0.2, 0.25) is 0 Å². The molecule has 108 valence electrons. The molecule has 7 heteroatoms. The van der Waals surface area contributed by atoms with E-state index in [-0.39, 0.29) is 17.2 Å². The second kappa shape index (κ2) is 7.25. The Bertz CT molecular complexity index is 526. The largest absolute Gasteiger partial charge is 0.376 e. The minimum Gasteiger partial charge on any atom is -0.376 e. The van der Waals surface area contributed by atoms with E-state index in [1.165, 1.54) is 17.0 Å². The van der Waals surface area contributed by atoms with Crippen LogP contribution in [-0.2, 0) is 0 Å². The molecular formula is C13H18N4O3. The second-order valence-electron chi connectivity index (χ2n) is 4.28. The first kappa shape index (κ1) is 15.6. The number of benzene rings is 1. The van der Waals surface area contributed by atoms with E-state index in [0.29, 0.717) is 18.8 Å². The Morgan fingerprint density at radius 3 is 2.70 bits per heavy atom. The van der Waals surface area contributed by atoms with Crippen LogP contribution in [0, 0.1) is 10.1 Å². The lowest BCUT2D eigenvalue weighted by Crippen LogP contribution is -2.21. The molecule has 7 nitrogen and oxygen atoms in total. The van der Waals surface area contributed by atoms with Crippen molar-refractivity contribution < 1.29 is 9.72 Å². The van der Waals surface area contributed by atoms with E-state index in [9.17, 15) is 14.9 Å². The average molecular weight is 278 g/mol. The van der Waals surface area contributed by atoms with Crippen molar-refractivity contribution in [2.45, 2.75) is 0 Å². The molecule has 1 aromatic carbocycles.